The van der Waals surface area contributed by atoms with Crippen LogP contribution in [0.4, 0.5) is 0 Å². The lowest BCUT2D eigenvalue weighted by Crippen LogP contribution is -2.49. The molecule has 16 heavy (non-hydrogen) atoms. The van der Waals surface area contributed by atoms with Crippen LogP contribution in [0.25, 0.3) is 0 Å². The van der Waals surface area contributed by atoms with Crippen molar-refractivity contribution in [2.75, 3.05) is 0 Å². The molecule has 1 aromatic heterocycles. The Morgan fingerprint density at radius 1 is 1.50 bits per heavy atom. The van der Waals surface area contributed by atoms with Crippen LogP contribution in [-0.4, -0.2) is 32.3 Å². The van der Waals surface area contributed by atoms with E-state index in [9.17, 15) is 9.59 Å². The van der Waals surface area contributed by atoms with Gasteiger partial charge >= 0.3 is 5.97 Å². The van der Waals surface area contributed by atoms with Crippen LogP contribution in [0.3, 0.4) is 0 Å². The fraction of sp³-hybridized carbons (Fsp3) is 0.500. The Morgan fingerprint density at radius 2 is 2.06 bits per heavy atom. The molecule has 0 fully saturated rings. The molecule has 1 amide bonds. The molecule has 0 unspecified atom stereocenters. The van der Waals surface area contributed by atoms with E-state index in [0.717, 1.165) is 5.69 Å². The fourth-order valence-corrected chi connectivity index (χ4v) is 1.07. The van der Waals surface area contributed by atoms with Gasteiger partial charge in [-0.1, -0.05) is 0 Å². The molecule has 0 saturated heterocycles. The Hall–Kier alpha value is -1.85. The van der Waals surface area contributed by atoms with Crippen LogP contribution in [0.1, 0.15) is 30.0 Å². The predicted molar refractivity (Wildman–Crippen MR) is 57.1 cm³/mol. The van der Waals surface area contributed by atoms with Gasteiger partial charge in [0.1, 0.15) is 11.2 Å². The molecule has 6 heteroatoms. The van der Waals surface area contributed by atoms with Gasteiger partial charge in [0.05, 0.1) is 0 Å². The van der Waals surface area contributed by atoms with Crippen molar-refractivity contribution in [1.82, 2.24) is 15.1 Å². The summed E-state index contributed by atoms with van der Waals surface area (Å²) in [5, 5.41) is 15.2. The maximum Gasteiger partial charge on any atom is 0.328 e. The Bertz CT molecular complexity index is 415. The van der Waals surface area contributed by atoms with Crippen molar-refractivity contribution in [2.24, 2.45) is 7.05 Å². The van der Waals surface area contributed by atoms with Gasteiger partial charge in [-0.3, -0.25) is 9.48 Å². The SMILES string of the molecule is Cc1cc(C(=O)NC(C)(C)C(=O)O)nn1C. The quantitative estimate of drug-likeness (QED) is 0.776. The average molecular weight is 225 g/mol. The van der Waals surface area contributed by atoms with Crippen LogP contribution in [-0.2, 0) is 11.8 Å². The number of carbonyl (C=O) groups excluding carboxylic acids is 1. The van der Waals surface area contributed by atoms with Crippen LogP contribution in [0.5, 0.6) is 0 Å². The van der Waals surface area contributed by atoms with E-state index in [1.807, 2.05) is 6.92 Å². The molecule has 88 valence electrons. The summed E-state index contributed by atoms with van der Waals surface area (Å²) in [7, 11) is 1.72. The van der Waals surface area contributed by atoms with Crippen LogP contribution in [0.2, 0.25) is 0 Å². The Labute approximate surface area is 93.3 Å². The van der Waals surface area contributed by atoms with Gasteiger partial charge in [0.15, 0.2) is 0 Å². The molecule has 1 heterocycles. The van der Waals surface area contributed by atoms with Crippen LogP contribution < -0.4 is 5.32 Å². The van der Waals surface area contributed by atoms with Gasteiger partial charge in [-0.05, 0) is 26.8 Å². The first-order valence-corrected chi connectivity index (χ1v) is 4.80. The highest BCUT2D eigenvalue weighted by Crippen LogP contribution is 2.06. The highest BCUT2D eigenvalue weighted by molar-refractivity contribution is 5.96. The standard InChI is InChI=1S/C10H15N3O3/c1-6-5-7(12-13(6)4)8(14)11-10(2,3)9(15)16/h5H,1-4H3,(H,11,14)(H,15,16). The van der Waals surface area contributed by atoms with E-state index in [1.54, 1.807) is 17.8 Å². The van der Waals surface area contributed by atoms with E-state index in [2.05, 4.69) is 10.4 Å². The number of aromatic nitrogens is 2. The molecule has 0 spiro atoms. The molecule has 0 aliphatic carbocycles. The van der Waals surface area contributed by atoms with Gasteiger partial charge in [-0.2, -0.15) is 5.10 Å². The smallest absolute Gasteiger partial charge is 0.328 e. The summed E-state index contributed by atoms with van der Waals surface area (Å²) in [4.78, 5) is 22.5. The van der Waals surface area contributed by atoms with E-state index in [1.165, 1.54) is 13.8 Å². The summed E-state index contributed by atoms with van der Waals surface area (Å²) in [6, 6.07) is 1.60. The number of hydrogen-bond donors (Lipinski definition) is 2. The van der Waals surface area contributed by atoms with Gasteiger partial charge in [0.25, 0.3) is 5.91 Å². The van der Waals surface area contributed by atoms with Crippen molar-refractivity contribution in [2.45, 2.75) is 26.3 Å². The first-order chi connectivity index (χ1) is 7.24. The third kappa shape index (κ3) is 2.39. The van der Waals surface area contributed by atoms with Crippen LogP contribution >= 0.6 is 0 Å². The molecule has 2 N–H and O–H groups in total. The molecular weight excluding hydrogens is 210 g/mol. The predicted octanol–water partition coefficient (Wildman–Crippen LogP) is 0.322. The van der Waals surface area contributed by atoms with Crippen molar-refractivity contribution in [3.63, 3.8) is 0 Å². The third-order valence-corrected chi connectivity index (χ3v) is 2.31. The van der Waals surface area contributed by atoms with Crippen molar-refractivity contribution in [3.8, 4) is 0 Å². The maximum absolute atomic E-state index is 11.7. The molecule has 0 aromatic carbocycles. The molecule has 0 aliphatic heterocycles. The van der Waals surface area contributed by atoms with Crippen molar-refractivity contribution < 1.29 is 14.7 Å². The number of rotatable bonds is 3. The Balaban J connectivity index is 2.84. The van der Waals surface area contributed by atoms with Crippen molar-refractivity contribution in [1.29, 1.82) is 0 Å². The highest BCUT2D eigenvalue weighted by atomic mass is 16.4. The van der Waals surface area contributed by atoms with Crippen molar-refractivity contribution >= 4 is 11.9 Å². The largest absolute Gasteiger partial charge is 0.480 e. The molecule has 0 atom stereocenters. The number of carboxylic acid groups (broad SMARTS) is 1. The number of aliphatic carboxylic acids is 1. The second-order valence-electron chi connectivity index (χ2n) is 4.18. The number of nitrogens with zero attached hydrogens (tertiary/aromatic N) is 2. The van der Waals surface area contributed by atoms with Crippen LogP contribution in [0.15, 0.2) is 6.07 Å². The molecule has 0 radical (unpaired) electrons. The Morgan fingerprint density at radius 3 is 2.44 bits per heavy atom. The Kier molecular flexibility index (Phi) is 3.02. The molecule has 1 aromatic rings. The van der Waals surface area contributed by atoms with Gasteiger partial charge in [-0.25, -0.2) is 4.79 Å². The summed E-state index contributed by atoms with van der Waals surface area (Å²) < 4.78 is 1.56. The second-order valence-corrected chi connectivity index (χ2v) is 4.18. The molecule has 6 nitrogen and oxygen atoms in total. The minimum atomic E-state index is -1.30. The third-order valence-electron chi connectivity index (χ3n) is 2.31. The highest BCUT2D eigenvalue weighted by Gasteiger charge is 2.30. The van der Waals surface area contributed by atoms with Gasteiger partial charge in [0.2, 0.25) is 0 Å². The summed E-state index contributed by atoms with van der Waals surface area (Å²) >= 11 is 0. The minimum Gasteiger partial charge on any atom is -0.480 e. The molecule has 0 aliphatic rings. The summed E-state index contributed by atoms with van der Waals surface area (Å²) in [5.41, 5.74) is -0.254. The van der Waals surface area contributed by atoms with Crippen LogP contribution in [0, 0.1) is 6.92 Å². The number of carbonyl (C=O) groups is 2. The summed E-state index contributed by atoms with van der Waals surface area (Å²) in [6.07, 6.45) is 0. The molecule has 0 bridgehead atoms. The molecule has 1 rings (SSSR count). The van der Waals surface area contributed by atoms with E-state index in [-0.39, 0.29) is 5.69 Å². The topological polar surface area (TPSA) is 84.2 Å². The summed E-state index contributed by atoms with van der Waals surface area (Å²) in [5.74, 6) is -1.58. The lowest BCUT2D eigenvalue weighted by Gasteiger charge is -2.20. The second kappa shape index (κ2) is 3.96. The number of aryl methyl sites for hydroxylation is 2. The van der Waals surface area contributed by atoms with Gasteiger partial charge in [-0.15, -0.1) is 0 Å². The zero-order valence-corrected chi connectivity index (χ0v) is 9.74. The van der Waals surface area contributed by atoms with E-state index in [0.29, 0.717) is 0 Å². The lowest BCUT2D eigenvalue weighted by atomic mass is 10.1. The zero-order valence-electron chi connectivity index (χ0n) is 9.74. The van der Waals surface area contributed by atoms with E-state index >= 15 is 0 Å². The minimum absolute atomic E-state index is 0.217. The molecular formula is C10H15N3O3. The average Bonchev–Trinajstić information content (AvgIpc) is 2.46. The zero-order chi connectivity index (χ0) is 12.5. The first-order valence-electron chi connectivity index (χ1n) is 4.80. The van der Waals surface area contributed by atoms with Gasteiger partial charge < -0.3 is 10.4 Å². The normalized spacial score (nSPS) is 11.2. The first kappa shape index (κ1) is 12.2. The monoisotopic (exact) mass is 225 g/mol. The van der Waals surface area contributed by atoms with E-state index < -0.39 is 17.4 Å². The number of carboxylic acids is 1. The molecule has 0 saturated carbocycles. The number of nitrogens with one attached hydrogen (secondary N) is 1. The summed E-state index contributed by atoms with van der Waals surface area (Å²) in [6.45, 7) is 4.65. The maximum atomic E-state index is 11.7. The number of amides is 1. The van der Waals surface area contributed by atoms with Gasteiger partial charge in [0, 0.05) is 12.7 Å². The fourth-order valence-electron chi connectivity index (χ4n) is 1.07. The van der Waals surface area contributed by atoms with E-state index in [4.69, 9.17) is 5.11 Å². The van der Waals surface area contributed by atoms with Crippen molar-refractivity contribution in [3.05, 3.63) is 17.5 Å². The number of hydrogen-bond acceptors (Lipinski definition) is 3. The lowest BCUT2D eigenvalue weighted by molar-refractivity contribution is -0.143.